The van der Waals surface area contributed by atoms with E-state index in [-0.39, 0.29) is 23.7 Å². The van der Waals surface area contributed by atoms with Gasteiger partial charge in [0.05, 0.1) is 29.0 Å². The molecule has 11 nitrogen and oxygen atoms in total. The standard InChI is InChI=1S/C22H22FN9O2/c1-9-27-5-11(6-28-9)34-21-30-18-16(12-3-10(23)4-15(26-2)17(12)29-18)19(31-21)32-7-13-14(8-32)22(13,25)20(24)33/h3-6,13-14,26H,7-8,25H2,1-2H3,(H2,24,33)(H,29,30,31). The van der Waals surface area contributed by atoms with Crippen LogP contribution in [0.25, 0.3) is 21.9 Å². The summed E-state index contributed by atoms with van der Waals surface area (Å²) in [6, 6.07) is 2.94. The lowest BCUT2D eigenvalue weighted by Crippen LogP contribution is -2.47. The lowest BCUT2D eigenvalue weighted by Gasteiger charge is -2.24. The van der Waals surface area contributed by atoms with Gasteiger partial charge in [-0.25, -0.2) is 14.4 Å². The maximum absolute atomic E-state index is 14.4. The molecule has 0 radical (unpaired) electrons. The second-order valence-electron chi connectivity index (χ2n) is 8.79. The van der Waals surface area contributed by atoms with E-state index in [1.165, 1.54) is 24.5 Å². The van der Waals surface area contributed by atoms with Crippen LogP contribution >= 0.6 is 0 Å². The number of hydrogen-bond donors (Lipinski definition) is 4. The first-order valence-electron chi connectivity index (χ1n) is 10.8. The Kier molecular flexibility index (Phi) is 4.21. The van der Waals surface area contributed by atoms with Crippen LogP contribution in [0.2, 0.25) is 0 Å². The number of hydrogen-bond acceptors (Lipinski definition) is 9. The third kappa shape index (κ3) is 2.88. The summed E-state index contributed by atoms with van der Waals surface area (Å²) in [7, 11) is 1.72. The Morgan fingerprint density at radius 1 is 1.26 bits per heavy atom. The first-order chi connectivity index (χ1) is 16.3. The molecule has 3 aromatic heterocycles. The van der Waals surface area contributed by atoms with Crippen molar-refractivity contribution in [3.8, 4) is 11.8 Å². The molecule has 6 N–H and O–H groups in total. The van der Waals surface area contributed by atoms with E-state index >= 15 is 0 Å². The number of fused-ring (bicyclic) bond motifs is 4. The molecule has 2 unspecified atom stereocenters. The second-order valence-corrected chi connectivity index (χ2v) is 8.79. The molecule has 174 valence electrons. The number of aryl methyl sites for hydroxylation is 1. The van der Waals surface area contributed by atoms with Gasteiger partial charge in [0.15, 0.2) is 5.75 Å². The van der Waals surface area contributed by atoms with Crippen LogP contribution < -0.4 is 26.4 Å². The Labute approximate surface area is 192 Å². The smallest absolute Gasteiger partial charge is 0.326 e. The number of carbonyl (C=O) groups is 1. The molecule has 4 heterocycles. The van der Waals surface area contributed by atoms with Crippen LogP contribution in [0.1, 0.15) is 5.82 Å². The molecule has 2 atom stereocenters. The molecule has 1 saturated heterocycles. The second kappa shape index (κ2) is 6.97. The third-order valence-electron chi connectivity index (χ3n) is 6.89. The number of aromatic amines is 1. The fraction of sp³-hybridized carbons (Fsp3) is 0.318. The molecule has 0 bridgehead atoms. The van der Waals surface area contributed by atoms with Gasteiger partial charge in [-0.1, -0.05) is 0 Å². The van der Waals surface area contributed by atoms with Crippen molar-refractivity contribution in [2.75, 3.05) is 30.4 Å². The van der Waals surface area contributed by atoms with E-state index in [9.17, 15) is 9.18 Å². The normalized spacial score (nSPS) is 23.4. The third-order valence-corrected chi connectivity index (χ3v) is 6.89. The van der Waals surface area contributed by atoms with Gasteiger partial charge in [0.2, 0.25) is 5.91 Å². The van der Waals surface area contributed by atoms with Gasteiger partial charge in [-0.05, 0) is 19.1 Å². The average molecular weight is 463 g/mol. The maximum Gasteiger partial charge on any atom is 0.326 e. The Hall–Kier alpha value is -4.06. The summed E-state index contributed by atoms with van der Waals surface area (Å²) in [6.45, 7) is 2.75. The van der Waals surface area contributed by atoms with Crippen LogP contribution in [-0.2, 0) is 4.79 Å². The summed E-state index contributed by atoms with van der Waals surface area (Å²) < 4.78 is 20.3. The molecule has 12 heteroatoms. The molecule has 6 rings (SSSR count). The monoisotopic (exact) mass is 463 g/mol. The lowest BCUT2D eigenvalue weighted by molar-refractivity contribution is -0.120. The van der Waals surface area contributed by atoms with Crippen molar-refractivity contribution in [1.82, 2.24) is 24.9 Å². The number of nitrogens with two attached hydrogens (primary N) is 2. The number of nitrogens with one attached hydrogen (secondary N) is 2. The minimum atomic E-state index is -0.993. The largest absolute Gasteiger partial charge is 0.421 e. The van der Waals surface area contributed by atoms with Crippen molar-refractivity contribution in [2.24, 2.45) is 23.3 Å². The van der Waals surface area contributed by atoms with E-state index in [4.69, 9.17) is 16.2 Å². The fourth-order valence-electron chi connectivity index (χ4n) is 5.04. The number of amides is 1. The first kappa shape index (κ1) is 20.5. The van der Waals surface area contributed by atoms with Crippen molar-refractivity contribution < 1.29 is 13.9 Å². The van der Waals surface area contributed by atoms with Crippen molar-refractivity contribution >= 4 is 39.3 Å². The van der Waals surface area contributed by atoms with Crippen molar-refractivity contribution in [2.45, 2.75) is 12.5 Å². The summed E-state index contributed by atoms with van der Waals surface area (Å²) in [5.74, 6) is 0.530. The topological polar surface area (TPSA) is 161 Å². The SMILES string of the molecule is CNc1cc(F)cc2c1[nH]c1nc(Oc3cnc(C)nc3)nc(N3CC4C(C3)C4(N)C(N)=O)c12. The number of aromatic nitrogens is 5. The highest BCUT2D eigenvalue weighted by atomic mass is 19.1. The summed E-state index contributed by atoms with van der Waals surface area (Å²) >= 11 is 0. The minimum absolute atomic E-state index is 0.0697. The summed E-state index contributed by atoms with van der Waals surface area (Å²) in [5.41, 5.74) is 12.5. The summed E-state index contributed by atoms with van der Waals surface area (Å²) in [4.78, 5) is 34.6. The number of piperidine rings is 1. The molecule has 1 aliphatic heterocycles. The first-order valence-corrected chi connectivity index (χ1v) is 10.8. The zero-order chi connectivity index (χ0) is 23.8. The van der Waals surface area contributed by atoms with Crippen LogP contribution in [0.5, 0.6) is 11.8 Å². The average Bonchev–Trinajstić information content (AvgIpc) is 3.14. The van der Waals surface area contributed by atoms with Gasteiger partial charge in [0.25, 0.3) is 0 Å². The zero-order valence-corrected chi connectivity index (χ0v) is 18.5. The molecule has 1 amide bonds. The highest BCUT2D eigenvalue weighted by Gasteiger charge is 2.70. The van der Waals surface area contributed by atoms with Crippen LogP contribution in [-0.4, -0.2) is 56.5 Å². The molecular weight excluding hydrogens is 441 g/mol. The molecule has 34 heavy (non-hydrogen) atoms. The van der Waals surface area contributed by atoms with Crippen LogP contribution in [0.4, 0.5) is 15.9 Å². The Morgan fingerprint density at radius 2 is 1.97 bits per heavy atom. The van der Waals surface area contributed by atoms with E-state index < -0.39 is 11.4 Å². The van der Waals surface area contributed by atoms with Crippen LogP contribution in [0, 0.1) is 24.6 Å². The number of carbonyl (C=O) groups excluding carboxylic acids is 1. The molecule has 1 aromatic carbocycles. The molecule has 0 spiro atoms. The van der Waals surface area contributed by atoms with E-state index in [0.29, 0.717) is 58.1 Å². The Morgan fingerprint density at radius 3 is 2.62 bits per heavy atom. The van der Waals surface area contributed by atoms with Gasteiger partial charge in [0, 0.05) is 37.4 Å². The van der Waals surface area contributed by atoms with Gasteiger partial charge in [-0.3, -0.25) is 4.79 Å². The predicted octanol–water partition coefficient (Wildman–Crippen LogP) is 1.43. The molecule has 1 saturated carbocycles. The number of rotatable bonds is 5. The molecule has 1 aliphatic carbocycles. The minimum Gasteiger partial charge on any atom is -0.421 e. The van der Waals surface area contributed by atoms with Gasteiger partial charge in [0.1, 0.15) is 28.6 Å². The number of benzene rings is 1. The number of nitrogens with zero attached hydrogens (tertiary/aromatic N) is 5. The van der Waals surface area contributed by atoms with Gasteiger partial charge in [-0.2, -0.15) is 9.97 Å². The number of anilines is 2. The van der Waals surface area contributed by atoms with Crippen molar-refractivity contribution in [3.63, 3.8) is 0 Å². The fourth-order valence-corrected chi connectivity index (χ4v) is 5.04. The van der Waals surface area contributed by atoms with E-state index in [2.05, 4.69) is 30.2 Å². The molecule has 4 aromatic rings. The van der Waals surface area contributed by atoms with E-state index in [1.807, 2.05) is 4.90 Å². The highest BCUT2D eigenvalue weighted by Crippen LogP contribution is 2.54. The number of H-pyrrole nitrogens is 1. The summed E-state index contributed by atoms with van der Waals surface area (Å²) in [5, 5.41) is 4.30. The van der Waals surface area contributed by atoms with Gasteiger partial charge < -0.3 is 31.4 Å². The Bertz CT molecular complexity index is 1460. The molecule has 2 aliphatic rings. The van der Waals surface area contributed by atoms with E-state index in [1.54, 1.807) is 14.0 Å². The van der Waals surface area contributed by atoms with Crippen LogP contribution in [0.3, 0.4) is 0 Å². The van der Waals surface area contributed by atoms with Gasteiger partial charge >= 0.3 is 6.01 Å². The molecule has 2 fully saturated rings. The quantitative estimate of drug-likeness (QED) is 0.343. The van der Waals surface area contributed by atoms with E-state index in [0.717, 1.165) is 0 Å². The number of ether oxygens (including phenoxy) is 1. The highest BCUT2D eigenvalue weighted by molar-refractivity contribution is 6.14. The van der Waals surface area contributed by atoms with Crippen molar-refractivity contribution in [3.05, 3.63) is 36.2 Å². The molecular formula is C22H22FN9O2. The Balaban J connectivity index is 1.49. The summed E-state index contributed by atoms with van der Waals surface area (Å²) in [6.07, 6.45) is 3.08. The van der Waals surface area contributed by atoms with Gasteiger partial charge in [-0.15, -0.1) is 0 Å². The van der Waals surface area contributed by atoms with Crippen LogP contribution in [0.15, 0.2) is 24.5 Å². The number of primary amides is 1. The predicted molar refractivity (Wildman–Crippen MR) is 123 cm³/mol. The maximum atomic E-state index is 14.4. The number of halogens is 1. The van der Waals surface area contributed by atoms with Crippen molar-refractivity contribution in [1.29, 1.82) is 0 Å². The zero-order valence-electron chi connectivity index (χ0n) is 18.5. The lowest BCUT2D eigenvalue weighted by atomic mass is 10.1.